The lowest BCUT2D eigenvalue weighted by Gasteiger charge is -2.27. The van der Waals surface area contributed by atoms with E-state index in [0.717, 1.165) is 18.9 Å². The van der Waals surface area contributed by atoms with E-state index in [1.807, 2.05) is 0 Å². The minimum atomic E-state index is -4.29. The molecule has 0 atom stereocenters. The summed E-state index contributed by atoms with van der Waals surface area (Å²) in [5, 5.41) is 8.63. The van der Waals surface area contributed by atoms with Crippen LogP contribution >= 0.6 is 0 Å². The number of benzene rings is 1. The number of carboxylic acids is 1. The molecule has 1 saturated carbocycles. The van der Waals surface area contributed by atoms with E-state index in [0.29, 0.717) is 11.3 Å². The standard InChI is InChI=1S/C14H14F3NO2/c15-14(16,17)9-18(11-6-7-11)12-4-2-1-3-10(12)5-8-13(19)20/h1-5,8,11H,6-7,9H2,(H,19,20). The van der Waals surface area contributed by atoms with Crippen LogP contribution in [0.3, 0.4) is 0 Å². The molecule has 20 heavy (non-hydrogen) atoms. The van der Waals surface area contributed by atoms with Crippen molar-refractivity contribution in [3.63, 3.8) is 0 Å². The van der Waals surface area contributed by atoms with E-state index in [2.05, 4.69) is 0 Å². The third kappa shape index (κ3) is 4.01. The van der Waals surface area contributed by atoms with E-state index in [-0.39, 0.29) is 6.04 Å². The molecule has 1 N–H and O–H groups in total. The SMILES string of the molecule is O=C(O)C=Cc1ccccc1N(CC(F)(F)F)C1CC1. The van der Waals surface area contributed by atoms with Crippen LogP contribution in [-0.2, 0) is 4.79 Å². The fraction of sp³-hybridized carbons (Fsp3) is 0.357. The summed E-state index contributed by atoms with van der Waals surface area (Å²) in [5.41, 5.74) is 0.899. The third-order valence-corrected chi connectivity index (χ3v) is 2.99. The van der Waals surface area contributed by atoms with Crippen molar-refractivity contribution in [2.75, 3.05) is 11.4 Å². The van der Waals surface area contributed by atoms with Crippen LogP contribution in [0.25, 0.3) is 6.08 Å². The van der Waals surface area contributed by atoms with Crippen molar-refractivity contribution in [1.82, 2.24) is 0 Å². The van der Waals surface area contributed by atoms with Gasteiger partial charge in [-0.25, -0.2) is 4.79 Å². The summed E-state index contributed by atoms with van der Waals surface area (Å²) < 4.78 is 38.0. The molecule has 1 aliphatic carbocycles. The lowest BCUT2D eigenvalue weighted by Crippen LogP contribution is -2.36. The molecule has 1 aromatic carbocycles. The summed E-state index contributed by atoms with van der Waals surface area (Å²) in [4.78, 5) is 11.9. The van der Waals surface area contributed by atoms with Gasteiger partial charge in [-0.2, -0.15) is 13.2 Å². The lowest BCUT2D eigenvalue weighted by molar-refractivity contribution is -0.131. The van der Waals surface area contributed by atoms with Gasteiger partial charge in [0, 0.05) is 17.8 Å². The highest BCUT2D eigenvalue weighted by Crippen LogP contribution is 2.36. The predicted octanol–water partition coefficient (Wildman–Crippen LogP) is 3.32. The molecular formula is C14H14F3NO2. The second-order valence-electron chi connectivity index (χ2n) is 4.70. The van der Waals surface area contributed by atoms with Gasteiger partial charge in [-0.15, -0.1) is 0 Å². The number of carboxylic acid groups (broad SMARTS) is 1. The van der Waals surface area contributed by atoms with Crippen molar-refractivity contribution in [1.29, 1.82) is 0 Å². The van der Waals surface area contributed by atoms with Crippen molar-refractivity contribution >= 4 is 17.7 Å². The lowest BCUT2D eigenvalue weighted by atomic mass is 10.1. The maximum Gasteiger partial charge on any atom is 0.405 e. The number of rotatable bonds is 5. The number of halogens is 3. The number of alkyl halides is 3. The van der Waals surface area contributed by atoms with Crippen molar-refractivity contribution in [3.05, 3.63) is 35.9 Å². The monoisotopic (exact) mass is 285 g/mol. The molecule has 0 aliphatic heterocycles. The summed E-state index contributed by atoms with van der Waals surface area (Å²) in [6, 6.07) is 6.41. The van der Waals surface area contributed by atoms with Crippen molar-refractivity contribution < 1.29 is 23.1 Å². The first-order valence-electron chi connectivity index (χ1n) is 6.20. The van der Waals surface area contributed by atoms with Crippen LogP contribution in [0.15, 0.2) is 30.3 Å². The van der Waals surface area contributed by atoms with Gasteiger partial charge in [-0.05, 0) is 30.5 Å². The Morgan fingerprint density at radius 2 is 2.00 bits per heavy atom. The van der Waals surface area contributed by atoms with Crippen molar-refractivity contribution in [2.45, 2.75) is 25.1 Å². The molecule has 0 radical (unpaired) electrons. The Balaban J connectivity index is 2.31. The second kappa shape index (κ2) is 5.56. The van der Waals surface area contributed by atoms with Gasteiger partial charge in [0.2, 0.25) is 0 Å². The first-order valence-corrected chi connectivity index (χ1v) is 6.20. The average Bonchev–Trinajstić information content (AvgIpc) is 3.17. The molecule has 3 nitrogen and oxygen atoms in total. The van der Waals surface area contributed by atoms with E-state index < -0.39 is 18.7 Å². The summed E-state index contributed by atoms with van der Waals surface area (Å²) in [6.07, 6.45) is -0.576. The number of carbonyl (C=O) groups is 1. The van der Waals surface area contributed by atoms with Crippen LogP contribution in [0.4, 0.5) is 18.9 Å². The zero-order valence-corrected chi connectivity index (χ0v) is 10.6. The minimum Gasteiger partial charge on any atom is -0.478 e. The Bertz CT molecular complexity index is 521. The topological polar surface area (TPSA) is 40.5 Å². The summed E-state index contributed by atoms with van der Waals surface area (Å²) >= 11 is 0. The number of aliphatic carboxylic acids is 1. The minimum absolute atomic E-state index is 0.115. The van der Waals surface area contributed by atoms with E-state index in [1.54, 1.807) is 24.3 Å². The molecule has 6 heteroatoms. The molecule has 108 valence electrons. The molecule has 0 amide bonds. The maximum absolute atomic E-state index is 12.7. The fourth-order valence-electron chi connectivity index (χ4n) is 2.04. The Labute approximate surface area is 114 Å². The Kier molecular flexibility index (Phi) is 4.01. The Morgan fingerprint density at radius 1 is 1.35 bits per heavy atom. The molecule has 2 rings (SSSR count). The molecule has 1 aliphatic rings. The molecular weight excluding hydrogens is 271 g/mol. The first kappa shape index (κ1) is 14.4. The van der Waals surface area contributed by atoms with E-state index in [1.165, 1.54) is 11.0 Å². The number of anilines is 1. The number of para-hydroxylation sites is 1. The average molecular weight is 285 g/mol. The number of nitrogens with zero attached hydrogens (tertiary/aromatic N) is 1. The van der Waals surface area contributed by atoms with Crippen LogP contribution in [0.2, 0.25) is 0 Å². The molecule has 0 bridgehead atoms. The first-order chi connectivity index (χ1) is 9.37. The highest BCUT2D eigenvalue weighted by atomic mass is 19.4. The zero-order chi connectivity index (χ0) is 14.8. The quantitative estimate of drug-likeness (QED) is 0.844. The van der Waals surface area contributed by atoms with Crippen LogP contribution in [0.5, 0.6) is 0 Å². The fourth-order valence-corrected chi connectivity index (χ4v) is 2.04. The Hall–Kier alpha value is -1.98. The van der Waals surface area contributed by atoms with Crippen LogP contribution in [0, 0.1) is 0 Å². The summed E-state index contributed by atoms with van der Waals surface area (Å²) in [5.74, 6) is -1.13. The highest BCUT2D eigenvalue weighted by Gasteiger charge is 2.38. The Morgan fingerprint density at radius 3 is 2.55 bits per heavy atom. The normalized spacial score (nSPS) is 15.6. The molecule has 0 saturated heterocycles. The molecule has 1 aromatic rings. The maximum atomic E-state index is 12.7. The van der Waals surface area contributed by atoms with Crippen LogP contribution in [0.1, 0.15) is 18.4 Å². The molecule has 0 unspecified atom stereocenters. The van der Waals surface area contributed by atoms with Gasteiger partial charge in [-0.3, -0.25) is 0 Å². The molecule has 1 fully saturated rings. The van der Waals surface area contributed by atoms with Crippen molar-refractivity contribution in [3.8, 4) is 0 Å². The van der Waals surface area contributed by atoms with Gasteiger partial charge in [-0.1, -0.05) is 18.2 Å². The van der Waals surface area contributed by atoms with Gasteiger partial charge < -0.3 is 10.0 Å². The van der Waals surface area contributed by atoms with Crippen molar-refractivity contribution in [2.24, 2.45) is 0 Å². The second-order valence-corrected chi connectivity index (χ2v) is 4.70. The van der Waals surface area contributed by atoms with Gasteiger partial charge in [0.15, 0.2) is 0 Å². The highest BCUT2D eigenvalue weighted by molar-refractivity contribution is 5.87. The predicted molar refractivity (Wildman–Crippen MR) is 69.5 cm³/mol. The van der Waals surface area contributed by atoms with E-state index in [4.69, 9.17) is 5.11 Å². The van der Waals surface area contributed by atoms with E-state index in [9.17, 15) is 18.0 Å². The van der Waals surface area contributed by atoms with Gasteiger partial charge in [0.1, 0.15) is 6.54 Å². The van der Waals surface area contributed by atoms with Gasteiger partial charge in [0.25, 0.3) is 0 Å². The zero-order valence-electron chi connectivity index (χ0n) is 10.6. The molecule has 0 spiro atoms. The smallest absolute Gasteiger partial charge is 0.405 e. The van der Waals surface area contributed by atoms with Crippen LogP contribution in [-0.4, -0.2) is 29.8 Å². The summed E-state index contributed by atoms with van der Waals surface area (Å²) in [7, 11) is 0. The summed E-state index contributed by atoms with van der Waals surface area (Å²) in [6.45, 7) is -1.02. The molecule has 0 aromatic heterocycles. The van der Waals surface area contributed by atoms with Gasteiger partial charge >= 0.3 is 12.1 Å². The van der Waals surface area contributed by atoms with Gasteiger partial charge in [0.05, 0.1) is 0 Å². The van der Waals surface area contributed by atoms with Crippen LogP contribution < -0.4 is 4.90 Å². The number of hydrogen-bond donors (Lipinski definition) is 1. The largest absolute Gasteiger partial charge is 0.478 e. The third-order valence-electron chi connectivity index (χ3n) is 2.99. The number of hydrogen-bond acceptors (Lipinski definition) is 2. The van der Waals surface area contributed by atoms with E-state index >= 15 is 0 Å². The molecule has 0 heterocycles.